The lowest BCUT2D eigenvalue weighted by atomic mass is 10.0. The van der Waals surface area contributed by atoms with E-state index in [9.17, 15) is 14.4 Å². The molecule has 0 aromatic heterocycles. The third-order valence-corrected chi connectivity index (χ3v) is 4.48. The van der Waals surface area contributed by atoms with Crippen LogP contribution in [0.15, 0.2) is 30.3 Å². The molecule has 0 heterocycles. The van der Waals surface area contributed by atoms with E-state index in [0.717, 1.165) is 18.4 Å². The second-order valence-corrected chi connectivity index (χ2v) is 7.46. The van der Waals surface area contributed by atoms with E-state index in [-0.39, 0.29) is 24.2 Å². The van der Waals surface area contributed by atoms with E-state index in [1.165, 1.54) is 0 Å². The summed E-state index contributed by atoms with van der Waals surface area (Å²) in [5.41, 5.74) is 0.856. The van der Waals surface area contributed by atoms with E-state index < -0.39 is 24.1 Å². The highest BCUT2D eigenvalue weighted by atomic mass is 35.5. The second-order valence-electron chi connectivity index (χ2n) is 7.19. The van der Waals surface area contributed by atoms with Crippen molar-refractivity contribution < 1.29 is 19.1 Å². The van der Waals surface area contributed by atoms with Crippen LogP contribution in [0.25, 0.3) is 0 Å². The molecule has 156 valence electrons. The normalized spacial score (nSPS) is 12.9. The first-order valence-corrected chi connectivity index (χ1v) is 10.3. The van der Waals surface area contributed by atoms with E-state index >= 15 is 0 Å². The van der Waals surface area contributed by atoms with Crippen LogP contribution in [0, 0.1) is 5.92 Å². The van der Waals surface area contributed by atoms with Gasteiger partial charge in [0, 0.05) is 0 Å². The lowest BCUT2D eigenvalue weighted by molar-refractivity contribution is -0.128. The van der Waals surface area contributed by atoms with Crippen LogP contribution in [0.2, 0.25) is 0 Å². The molecule has 0 radical (unpaired) electrons. The summed E-state index contributed by atoms with van der Waals surface area (Å²) in [6, 6.07) is 7.87. The number of nitrogens with one attached hydrogen (secondary N) is 2. The van der Waals surface area contributed by atoms with Crippen molar-refractivity contribution in [3.05, 3.63) is 35.9 Å². The van der Waals surface area contributed by atoms with Crippen molar-refractivity contribution in [3.8, 4) is 0 Å². The zero-order chi connectivity index (χ0) is 20.9. The number of hydrogen-bond acceptors (Lipinski definition) is 4. The van der Waals surface area contributed by atoms with Gasteiger partial charge in [0.2, 0.25) is 5.91 Å². The van der Waals surface area contributed by atoms with E-state index in [0.29, 0.717) is 12.8 Å². The molecule has 2 N–H and O–H groups in total. The Morgan fingerprint density at radius 3 is 2.32 bits per heavy atom. The Bertz CT molecular complexity index is 622. The standard InChI is InChI=1S/C21H31ClN2O4/c1-4-5-11-17(19(25)13-22)23-20(26)18(12-15(2)3)24-21(27)28-14-16-9-7-6-8-10-16/h6-10,15,17-18H,4-5,11-14H2,1-3H3,(H,23,26)(H,24,27)/t17-,18-/m0/s1. The highest BCUT2D eigenvalue weighted by Gasteiger charge is 2.27. The summed E-state index contributed by atoms with van der Waals surface area (Å²) in [5.74, 6) is -0.609. The summed E-state index contributed by atoms with van der Waals surface area (Å²) >= 11 is 5.67. The highest BCUT2D eigenvalue weighted by Crippen LogP contribution is 2.09. The van der Waals surface area contributed by atoms with Gasteiger partial charge >= 0.3 is 6.09 Å². The lowest BCUT2D eigenvalue weighted by Gasteiger charge is -2.23. The molecule has 0 aliphatic rings. The smallest absolute Gasteiger partial charge is 0.408 e. The Morgan fingerprint density at radius 2 is 1.75 bits per heavy atom. The van der Waals surface area contributed by atoms with Gasteiger partial charge in [0.25, 0.3) is 0 Å². The first-order valence-electron chi connectivity index (χ1n) is 9.73. The second kappa shape index (κ2) is 13.2. The number of amides is 2. The van der Waals surface area contributed by atoms with Crippen molar-refractivity contribution in [2.45, 2.75) is 65.1 Å². The SMILES string of the molecule is CCCC[C@H](NC(=O)[C@H](CC(C)C)NC(=O)OCc1ccccc1)C(=O)CCl. The summed E-state index contributed by atoms with van der Waals surface area (Å²) in [6.45, 7) is 6.04. The summed E-state index contributed by atoms with van der Waals surface area (Å²) in [7, 11) is 0. The molecule has 6 nitrogen and oxygen atoms in total. The number of Topliss-reactive ketones (excluding diaryl/α,β-unsaturated/α-hetero) is 1. The maximum atomic E-state index is 12.7. The van der Waals surface area contributed by atoms with Gasteiger partial charge in [-0.05, 0) is 24.3 Å². The average Bonchev–Trinajstić information content (AvgIpc) is 2.68. The highest BCUT2D eigenvalue weighted by molar-refractivity contribution is 6.28. The number of carbonyl (C=O) groups is 3. The van der Waals surface area contributed by atoms with Crippen LogP contribution < -0.4 is 10.6 Å². The molecular formula is C21H31ClN2O4. The van der Waals surface area contributed by atoms with Gasteiger partial charge in [-0.2, -0.15) is 0 Å². The van der Waals surface area contributed by atoms with Gasteiger partial charge < -0.3 is 15.4 Å². The van der Waals surface area contributed by atoms with E-state index in [4.69, 9.17) is 16.3 Å². The van der Waals surface area contributed by atoms with E-state index in [1.807, 2.05) is 51.1 Å². The number of rotatable bonds is 12. The summed E-state index contributed by atoms with van der Waals surface area (Å²) in [6.07, 6.45) is 2.00. The number of halogens is 1. The van der Waals surface area contributed by atoms with E-state index in [1.54, 1.807) is 0 Å². The van der Waals surface area contributed by atoms with Gasteiger partial charge in [-0.3, -0.25) is 9.59 Å². The molecule has 2 amide bonds. The molecule has 28 heavy (non-hydrogen) atoms. The minimum absolute atomic E-state index is 0.118. The Kier molecular flexibility index (Phi) is 11.3. The first-order chi connectivity index (χ1) is 13.4. The molecule has 1 rings (SSSR count). The molecule has 7 heteroatoms. The van der Waals surface area contributed by atoms with Crippen molar-refractivity contribution in [1.82, 2.24) is 10.6 Å². The fraction of sp³-hybridized carbons (Fsp3) is 0.571. The monoisotopic (exact) mass is 410 g/mol. The molecule has 0 bridgehead atoms. The summed E-state index contributed by atoms with van der Waals surface area (Å²) in [4.78, 5) is 36.9. The minimum Gasteiger partial charge on any atom is -0.445 e. The maximum absolute atomic E-state index is 12.7. The quantitative estimate of drug-likeness (QED) is 0.513. The molecular weight excluding hydrogens is 380 g/mol. The van der Waals surface area contributed by atoms with Crippen molar-refractivity contribution >= 4 is 29.4 Å². The number of alkyl carbamates (subject to hydrolysis) is 1. The first kappa shape index (κ1) is 24.0. The van der Waals surface area contributed by atoms with Gasteiger partial charge in [0.05, 0.1) is 11.9 Å². The molecule has 0 saturated heterocycles. The molecule has 0 aliphatic heterocycles. The molecule has 0 unspecified atom stereocenters. The summed E-state index contributed by atoms with van der Waals surface area (Å²) in [5, 5.41) is 5.36. The predicted molar refractivity (Wildman–Crippen MR) is 110 cm³/mol. The fourth-order valence-corrected chi connectivity index (χ4v) is 2.88. The largest absolute Gasteiger partial charge is 0.445 e. The number of ketones is 1. The van der Waals surface area contributed by atoms with Crippen LogP contribution in [0.5, 0.6) is 0 Å². The van der Waals surface area contributed by atoms with Crippen LogP contribution in [-0.2, 0) is 20.9 Å². The molecule has 1 aromatic rings. The van der Waals surface area contributed by atoms with Crippen molar-refractivity contribution in [3.63, 3.8) is 0 Å². The molecule has 2 atom stereocenters. The van der Waals surface area contributed by atoms with Gasteiger partial charge in [0.1, 0.15) is 12.6 Å². The molecule has 0 fully saturated rings. The number of alkyl halides is 1. The molecule has 1 aromatic carbocycles. The fourth-order valence-electron chi connectivity index (χ4n) is 2.70. The van der Waals surface area contributed by atoms with E-state index in [2.05, 4.69) is 10.6 Å². The van der Waals surface area contributed by atoms with Gasteiger partial charge in [-0.25, -0.2) is 4.79 Å². The average molecular weight is 411 g/mol. The number of unbranched alkanes of at least 4 members (excludes halogenated alkanes) is 1. The predicted octanol–water partition coefficient (Wildman–Crippen LogP) is 3.81. The van der Waals surface area contributed by atoms with Crippen LogP contribution >= 0.6 is 11.6 Å². The number of ether oxygens (including phenoxy) is 1. The molecule has 0 aliphatic carbocycles. The lowest BCUT2D eigenvalue weighted by Crippen LogP contribution is -2.52. The third kappa shape index (κ3) is 9.22. The van der Waals surface area contributed by atoms with Crippen molar-refractivity contribution in [2.75, 3.05) is 5.88 Å². The van der Waals surface area contributed by atoms with Gasteiger partial charge in [-0.15, -0.1) is 11.6 Å². The zero-order valence-electron chi connectivity index (χ0n) is 16.9. The number of benzene rings is 1. The van der Waals surface area contributed by atoms with Crippen LogP contribution in [-0.4, -0.2) is 35.7 Å². The van der Waals surface area contributed by atoms with Gasteiger partial charge in [0.15, 0.2) is 5.78 Å². The summed E-state index contributed by atoms with van der Waals surface area (Å²) < 4.78 is 5.21. The maximum Gasteiger partial charge on any atom is 0.408 e. The Labute approximate surface area is 172 Å². The van der Waals surface area contributed by atoms with Crippen LogP contribution in [0.1, 0.15) is 52.0 Å². The topological polar surface area (TPSA) is 84.5 Å². The number of carbonyl (C=O) groups excluding carboxylic acids is 3. The van der Waals surface area contributed by atoms with Crippen molar-refractivity contribution in [1.29, 1.82) is 0 Å². The Morgan fingerprint density at radius 1 is 1.07 bits per heavy atom. The van der Waals surface area contributed by atoms with Gasteiger partial charge in [-0.1, -0.05) is 63.9 Å². The third-order valence-electron chi connectivity index (χ3n) is 4.21. The Hall–Kier alpha value is -2.08. The minimum atomic E-state index is -0.782. The van der Waals surface area contributed by atoms with Crippen molar-refractivity contribution in [2.24, 2.45) is 5.92 Å². The van der Waals surface area contributed by atoms with Crippen LogP contribution in [0.3, 0.4) is 0 Å². The number of hydrogen-bond donors (Lipinski definition) is 2. The zero-order valence-corrected chi connectivity index (χ0v) is 17.6. The molecule has 0 spiro atoms. The Balaban J connectivity index is 2.69. The van der Waals surface area contributed by atoms with Crippen LogP contribution in [0.4, 0.5) is 4.79 Å². The molecule has 0 saturated carbocycles.